The molecule has 1 atom stereocenters. The molecule has 1 unspecified atom stereocenters. The third-order valence-electron chi connectivity index (χ3n) is 3.15. The Morgan fingerprint density at radius 1 is 1.61 bits per heavy atom. The first-order chi connectivity index (χ1) is 8.74. The monoisotopic (exact) mass is 246 g/mol. The average molecular weight is 246 g/mol. The highest BCUT2D eigenvalue weighted by Gasteiger charge is 2.22. The number of aryl methyl sites for hydroxylation is 1. The van der Waals surface area contributed by atoms with Crippen LogP contribution in [0.4, 0.5) is 5.69 Å². The molecule has 0 radical (unpaired) electrons. The highest BCUT2D eigenvalue weighted by molar-refractivity contribution is 5.96. The SMILES string of the molecule is Cc1noc2ncc(NC(=O)C3CCCN3)cc12. The zero-order chi connectivity index (χ0) is 12.5. The van der Waals surface area contributed by atoms with Crippen molar-refractivity contribution >= 4 is 22.7 Å². The second-order valence-electron chi connectivity index (χ2n) is 4.48. The standard InChI is InChI=1S/C12H14N4O2/c1-7-9-5-8(6-14-12(9)18-16-7)15-11(17)10-3-2-4-13-10/h5-6,10,13H,2-4H2,1H3,(H,15,17). The van der Waals surface area contributed by atoms with Gasteiger partial charge in [0.2, 0.25) is 5.91 Å². The van der Waals surface area contributed by atoms with Gasteiger partial charge in [-0.1, -0.05) is 5.16 Å². The van der Waals surface area contributed by atoms with Gasteiger partial charge in [-0.3, -0.25) is 4.79 Å². The van der Waals surface area contributed by atoms with Gasteiger partial charge >= 0.3 is 0 Å². The molecule has 1 amide bonds. The van der Waals surface area contributed by atoms with E-state index < -0.39 is 0 Å². The molecular formula is C12H14N4O2. The lowest BCUT2D eigenvalue weighted by atomic mass is 10.2. The Labute approximate surface area is 104 Å². The third-order valence-corrected chi connectivity index (χ3v) is 3.15. The quantitative estimate of drug-likeness (QED) is 0.832. The number of aromatic nitrogens is 2. The Kier molecular flexibility index (Phi) is 2.71. The lowest BCUT2D eigenvalue weighted by Gasteiger charge is -2.10. The summed E-state index contributed by atoms with van der Waals surface area (Å²) in [7, 11) is 0. The van der Waals surface area contributed by atoms with Crippen molar-refractivity contribution in [3.8, 4) is 0 Å². The zero-order valence-corrected chi connectivity index (χ0v) is 10.1. The second-order valence-corrected chi connectivity index (χ2v) is 4.48. The molecule has 94 valence electrons. The lowest BCUT2D eigenvalue weighted by molar-refractivity contribution is -0.117. The number of pyridine rings is 1. The molecule has 6 heteroatoms. The van der Waals surface area contributed by atoms with Crippen LogP contribution in [0.1, 0.15) is 18.5 Å². The Bertz CT molecular complexity index is 587. The summed E-state index contributed by atoms with van der Waals surface area (Å²) in [5.41, 5.74) is 1.93. The summed E-state index contributed by atoms with van der Waals surface area (Å²) >= 11 is 0. The highest BCUT2D eigenvalue weighted by Crippen LogP contribution is 2.20. The van der Waals surface area contributed by atoms with Gasteiger partial charge in [0.25, 0.3) is 5.71 Å². The van der Waals surface area contributed by atoms with Gasteiger partial charge in [-0.15, -0.1) is 0 Å². The van der Waals surface area contributed by atoms with E-state index in [2.05, 4.69) is 20.8 Å². The van der Waals surface area contributed by atoms with E-state index in [1.807, 2.05) is 13.0 Å². The summed E-state index contributed by atoms with van der Waals surface area (Å²) in [6.07, 6.45) is 3.51. The van der Waals surface area contributed by atoms with Crippen LogP contribution in [0.3, 0.4) is 0 Å². The van der Waals surface area contributed by atoms with Gasteiger partial charge in [-0.25, -0.2) is 4.98 Å². The fraction of sp³-hybridized carbons (Fsp3) is 0.417. The van der Waals surface area contributed by atoms with Crippen molar-refractivity contribution in [2.75, 3.05) is 11.9 Å². The number of hydrogen-bond donors (Lipinski definition) is 2. The molecule has 3 rings (SSSR count). The molecule has 0 bridgehead atoms. The van der Waals surface area contributed by atoms with Gasteiger partial charge in [0, 0.05) is 0 Å². The molecular weight excluding hydrogens is 232 g/mol. The molecule has 1 aliphatic rings. The van der Waals surface area contributed by atoms with Crippen LogP contribution in [-0.2, 0) is 4.79 Å². The number of nitrogens with zero attached hydrogens (tertiary/aromatic N) is 2. The predicted molar refractivity (Wildman–Crippen MR) is 66.2 cm³/mol. The fourth-order valence-electron chi connectivity index (χ4n) is 2.15. The van der Waals surface area contributed by atoms with Gasteiger partial charge in [0.15, 0.2) is 0 Å². The number of carbonyl (C=O) groups is 1. The minimum atomic E-state index is -0.0933. The van der Waals surface area contributed by atoms with E-state index in [0.29, 0.717) is 11.4 Å². The molecule has 3 heterocycles. The van der Waals surface area contributed by atoms with Crippen molar-refractivity contribution in [3.05, 3.63) is 18.0 Å². The Hall–Kier alpha value is -1.95. The average Bonchev–Trinajstić information content (AvgIpc) is 3.00. The number of anilines is 1. The molecule has 2 N–H and O–H groups in total. The number of amides is 1. The molecule has 2 aromatic rings. The molecule has 1 aliphatic heterocycles. The first-order valence-electron chi connectivity index (χ1n) is 6.00. The minimum absolute atomic E-state index is 0.0113. The Morgan fingerprint density at radius 2 is 2.50 bits per heavy atom. The first kappa shape index (κ1) is 11.2. The number of carbonyl (C=O) groups excluding carboxylic acids is 1. The predicted octanol–water partition coefficient (Wildman–Crippen LogP) is 1.22. The summed E-state index contributed by atoms with van der Waals surface area (Å²) in [4.78, 5) is 16.1. The summed E-state index contributed by atoms with van der Waals surface area (Å²) in [5, 5.41) is 10.7. The maximum atomic E-state index is 11.9. The Balaban J connectivity index is 1.81. The molecule has 0 aromatic carbocycles. The summed E-state index contributed by atoms with van der Waals surface area (Å²) in [5.74, 6) is -0.0113. The molecule has 6 nitrogen and oxygen atoms in total. The number of fused-ring (bicyclic) bond motifs is 1. The van der Waals surface area contributed by atoms with Gasteiger partial charge in [-0.05, 0) is 32.4 Å². The van der Waals surface area contributed by atoms with Gasteiger partial charge in [-0.2, -0.15) is 0 Å². The molecule has 18 heavy (non-hydrogen) atoms. The van der Waals surface area contributed by atoms with Crippen LogP contribution < -0.4 is 10.6 Å². The maximum Gasteiger partial charge on any atom is 0.258 e. The fourth-order valence-corrected chi connectivity index (χ4v) is 2.15. The summed E-state index contributed by atoms with van der Waals surface area (Å²) < 4.78 is 5.02. The van der Waals surface area contributed by atoms with Crippen LogP contribution in [0, 0.1) is 6.92 Å². The third kappa shape index (κ3) is 1.95. The molecule has 1 fully saturated rings. The van der Waals surface area contributed by atoms with E-state index in [-0.39, 0.29) is 11.9 Å². The smallest absolute Gasteiger partial charge is 0.258 e. The van der Waals surface area contributed by atoms with Gasteiger partial charge in [0.1, 0.15) is 0 Å². The van der Waals surface area contributed by atoms with Crippen molar-refractivity contribution in [1.82, 2.24) is 15.5 Å². The van der Waals surface area contributed by atoms with Crippen LogP contribution in [0.25, 0.3) is 11.1 Å². The van der Waals surface area contributed by atoms with Crippen LogP contribution in [0.15, 0.2) is 16.8 Å². The van der Waals surface area contributed by atoms with E-state index in [1.165, 1.54) is 0 Å². The summed E-state index contributed by atoms with van der Waals surface area (Å²) in [6.45, 7) is 2.75. The van der Waals surface area contributed by atoms with Crippen molar-refractivity contribution in [2.24, 2.45) is 0 Å². The Morgan fingerprint density at radius 3 is 3.28 bits per heavy atom. The van der Waals surface area contributed by atoms with Crippen LogP contribution in [0.5, 0.6) is 0 Å². The van der Waals surface area contributed by atoms with E-state index >= 15 is 0 Å². The van der Waals surface area contributed by atoms with Crippen molar-refractivity contribution in [3.63, 3.8) is 0 Å². The van der Waals surface area contributed by atoms with Crippen molar-refractivity contribution in [1.29, 1.82) is 0 Å². The van der Waals surface area contributed by atoms with Crippen LogP contribution >= 0.6 is 0 Å². The van der Waals surface area contributed by atoms with Crippen LogP contribution in [0.2, 0.25) is 0 Å². The molecule has 0 saturated carbocycles. The minimum Gasteiger partial charge on any atom is -0.336 e. The molecule has 0 aliphatic carbocycles. The largest absolute Gasteiger partial charge is 0.336 e. The van der Waals surface area contributed by atoms with Gasteiger partial charge < -0.3 is 15.2 Å². The van der Waals surface area contributed by atoms with E-state index in [4.69, 9.17) is 4.52 Å². The molecule has 1 saturated heterocycles. The highest BCUT2D eigenvalue weighted by atomic mass is 16.5. The van der Waals surface area contributed by atoms with E-state index in [1.54, 1.807) is 6.20 Å². The normalized spacial score (nSPS) is 19.3. The van der Waals surface area contributed by atoms with E-state index in [9.17, 15) is 4.79 Å². The molecule has 0 spiro atoms. The summed E-state index contributed by atoms with van der Waals surface area (Å²) in [6, 6.07) is 1.74. The van der Waals surface area contributed by atoms with Crippen molar-refractivity contribution in [2.45, 2.75) is 25.8 Å². The zero-order valence-electron chi connectivity index (χ0n) is 10.1. The maximum absolute atomic E-state index is 11.9. The van der Waals surface area contributed by atoms with E-state index in [0.717, 1.165) is 30.5 Å². The second kappa shape index (κ2) is 4.38. The molecule has 2 aromatic heterocycles. The van der Waals surface area contributed by atoms with Crippen molar-refractivity contribution < 1.29 is 9.32 Å². The van der Waals surface area contributed by atoms with Crippen LogP contribution in [-0.4, -0.2) is 28.6 Å². The number of nitrogens with one attached hydrogen (secondary N) is 2. The van der Waals surface area contributed by atoms with Gasteiger partial charge in [0.05, 0.1) is 29.0 Å². The number of rotatable bonds is 2. The first-order valence-corrected chi connectivity index (χ1v) is 6.00. The topological polar surface area (TPSA) is 80.1 Å². The lowest BCUT2D eigenvalue weighted by Crippen LogP contribution is -2.35. The number of hydrogen-bond acceptors (Lipinski definition) is 5.